The molecule has 4 aliphatic rings. The fraction of sp³-hybridized carbons (Fsp3) is 1.00. The highest BCUT2D eigenvalue weighted by Gasteiger charge is 2.63. The van der Waals surface area contributed by atoms with Crippen LogP contribution in [0.5, 0.6) is 0 Å². The molecule has 7 atom stereocenters. The van der Waals surface area contributed by atoms with Crippen molar-refractivity contribution in [2.45, 2.75) is 109 Å². The van der Waals surface area contributed by atoms with Crippen LogP contribution in [0, 0.1) is 34.5 Å². The Balaban J connectivity index is 1.51. The maximum Gasteiger partial charge on any atom is 0.0931 e. The van der Waals surface area contributed by atoms with Crippen LogP contribution in [0.15, 0.2) is 0 Å². The highest BCUT2D eigenvalue weighted by Crippen LogP contribution is 2.67. The molecule has 4 fully saturated rings. The van der Waals surface area contributed by atoms with E-state index in [0.717, 1.165) is 30.2 Å². The number of rotatable bonds is 6. The van der Waals surface area contributed by atoms with Crippen molar-refractivity contribution in [2.75, 3.05) is 13.3 Å². The van der Waals surface area contributed by atoms with Crippen LogP contribution in [0.3, 0.4) is 0 Å². The van der Waals surface area contributed by atoms with Gasteiger partial charge in [-0.3, -0.25) is 5.32 Å². The molecule has 0 aromatic carbocycles. The Hall–Kier alpha value is -0.120. The Bertz CT molecular complexity index is 539. The van der Waals surface area contributed by atoms with Crippen molar-refractivity contribution in [1.29, 1.82) is 0 Å². The van der Waals surface area contributed by atoms with Crippen molar-refractivity contribution in [3.63, 3.8) is 0 Å². The third-order valence-corrected chi connectivity index (χ3v) is 10.5. The van der Waals surface area contributed by atoms with Gasteiger partial charge >= 0.3 is 0 Å². The topological polar surface area (TPSA) is 58.3 Å². The lowest BCUT2D eigenvalue weighted by Gasteiger charge is -2.61. The molecule has 3 nitrogen and oxygen atoms in total. The molecule has 0 heterocycles. The first-order valence-electron chi connectivity index (χ1n) is 12.6. The van der Waals surface area contributed by atoms with Gasteiger partial charge in [-0.25, -0.2) is 0 Å². The van der Waals surface area contributed by atoms with E-state index in [9.17, 15) is 0 Å². The lowest BCUT2D eigenvalue weighted by atomic mass is 9.46. The molecule has 0 bridgehead atoms. The highest BCUT2D eigenvalue weighted by atomic mass is 16.3. The van der Waals surface area contributed by atoms with Crippen molar-refractivity contribution < 1.29 is 5.11 Å². The zero-order chi connectivity index (χ0) is 19.8. The molecule has 4 saturated carbocycles. The van der Waals surface area contributed by atoms with Crippen molar-refractivity contribution in [3.05, 3.63) is 0 Å². The first-order valence-corrected chi connectivity index (χ1v) is 12.6. The van der Waals surface area contributed by atoms with Gasteiger partial charge in [0.05, 0.1) is 6.73 Å². The van der Waals surface area contributed by atoms with E-state index in [1.807, 2.05) is 0 Å². The van der Waals surface area contributed by atoms with Gasteiger partial charge in [0.1, 0.15) is 0 Å². The molecule has 28 heavy (non-hydrogen) atoms. The van der Waals surface area contributed by atoms with E-state index in [4.69, 9.17) is 10.8 Å². The number of nitrogens with one attached hydrogen (secondary N) is 1. The van der Waals surface area contributed by atoms with Gasteiger partial charge in [0.2, 0.25) is 0 Å². The number of fused-ring (bicyclic) bond motifs is 5. The summed E-state index contributed by atoms with van der Waals surface area (Å²) in [4.78, 5) is 0. The molecule has 4 unspecified atom stereocenters. The van der Waals surface area contributed by atoms with E-state index in [0.29, 0.717) is 10.8 Å². The zero-order valence-corrected chi connectivity index (χ0v) is 18.6. The van der Waals surface area contributed by atoms with Crippen LogP contribution < -0.4 is 11.1 Å². The molecular weight excluding hydrogens is 344 g/mol. The number of hydrogen-bond acceptors (Lipinski definition) is 3. The molecule has 0 spiro atoms. The van der Waals surface area contributed by atoms with Crippen LogP contribution in [0.2, 0.25) is 0 Å². The molecule has 4 N–H and O–H groups in total. The Labute approximate surface area is 173 Å². The lowest BCUT2D eigenvalue weighted by Crippen LogP contribution is -2.64. The maximum atomic E-state index is 8.92. The zero-order valence-electron chi connectivity index (χ0n) is 18.6. The Morgan fingerprint density at radius 2 is 1.64 bits per heavy atom. The minimum atomic E-state index is 0.0982. The Morgan fingerprint density at radius 3 is 2.46 bits per heavy atom. The van der Waals surface area contributed by atoms with E-state index in [-0.39, 0.29) is 12.3 Å². The number of aliphatic hydroxyl groups excluding tert-OH is 1. The van der Waals surface area contributed by atoms with Crippen molar-refractivity contribution >= 4 is 0 Å². The van der Waals surface area contributed by atoms with Gasteiger partial charge < -0.3 is 10.8 Å². The second-order valence-corrected chi connectivity index (χ2v) is 11.5. The summed E-state index contributed by atoms with van der Waals surface area (Å²) in [5.41, 5.74) is 8.63. The van der Waals surface area contributed by atoms with E-state index < -0.39 is 0 Å². The molecule has 0 aromatic heterocycles. The lowest BCUT2D eigenvalue weighted by molar-refractivity contribution is -0.0810. The third-order valence-electron chi connectivity index (χ3n) is 10.5. The largest absolute Gasteiger partial charge is 0.381 e. The van der Waals surface area contributed by atoms with Gasteiger partial charge in [0, 0.05) is 5.54 Å². The SMILES string of the molecule is C[C@]12CCCC3C(N)(CC[C@@H]4CCCC[C@]34C)C1CCC2CCCCNCO. The van der Waals surface area contributed by atoms with E-state index in [1.165, 1.54) is 89.9 Å². The minimum absolute atomic E-state index is 0.0982. The first-order chi connectivity index (χ1) is 13.4. The van der Waals surface area contributed by atoms with Crippen LogP contribution in [0.25, 0.3) is 0 Å². The van der Waals surface area contributed by atoms with Crippen LogP contribution >= 0.6 is 0 Å². The molecule has 0 amide bonds. The molecule has 0 radical (unpaired) electrons. The molecule has 0 saturated heterocycles. The van der Waals surface area contributed by atoms with Crippen LogP contribution in [0.1, 0.15) is 104 Å². The minimum Gasteiger partial charge on any atom is -0.381 e. The Morgan fingerprint density at radius 1 is 0.857 bits per heavy atom. The third kappa shape index (κ3) is 3.38. The van der Waals surface area contributed by atoms with E-state index in [1.54, 1.807) is 0 Å². The molecule has 0 aliphatic heterocycles. The van der Waals surface area contributed by atoms with Gasteiger partial charge in [-0.15, -0.1) is 0 Å². The summed E-state index contributed by atoms with van der Waals surface area (Å²) in [6, 6.07) is 0. The maximum absolute atomic E-state index is 8.92. The fourth-order valence-electron chi connectivity index (χ4n) is 9.04. The van der Waals surface area contributed by atoms with Crippen molar-refractivity contribution in [3.8, 4) is 0 Å². The summed E-state index contributed by atoms with van der Waals surface area (Å²) < 4.78 is 0. The average Bonchev–Trinajstić information content (AvgIpc) is 2.94. The monoisotopic (exact) mass is 390 g/mol. The quantitative estimate of drug-likeness (QED) is 0.431. The second kappa shape index (κ2) is 8.19. The summed E-state index contributed by atoms with van der Waals surface area (Å²) in [6.45, 7) is 6.34. The number of unbranched alkanes of at least 4 members (excludes halogenated alkanes) is 1. The van der Waals surface area contributed by atoms with Crippen LogP contribution in [0.4, 0.5) is 0 Å². The average molecular weight is 391 g/mol. The first kappa shape index (κ1) is 21.1. The summed E-state index contributed by atoms with van der Waals surface area (Å²) >= 11 is 0. The molecule has 0 aromatic rings. The normalized spacial score (nSPS) is 48.4. The van der Waals surface area contributed by atoms with Gasteiger partial charge in [0.15, 0.2) is 0 Å². The van der Waals surface area contributed by atoms with Crippen molar-refractivity contribution in [2.24, 2.45) is 40.2 Å². The molecule has 3 heteroatoms. The van der Waals surface area contributed by atoms with E-state index in [2.05, 4.69) is 19.2 Å². The number of hydrogen-bond donors (Lipinski definition) is 3. The smallest absolute Gasteiger partial charge is 0.0931 e. The molecule has 162 valence electrons. The summed E-state index contributed by atoms with van der Waals surface area (Å²) in [6.07, 6.45) is 19.3. The van der Waals surface area contributed by atoms with E-state index >= 15 is 0 Å². The fourth-order valence-corrected chi connectivity index (χ4v) is 9.04. The molecular formula is C25H46N2O. The van der Waals surface area contributed by atoms with Gasteiger partial charge in [-0.2, -0.15) is 0 Å². The Kier molecular flexibility index (Phi) is 6.18. The predicted molar refractivity (Wildman–Crippen MR) is 117 cm³/mol. The summed E-state index contributed by atoms with van der Waals surface area (Å²) in [5.74, 6) is 3.32. The number of nitrogens with two attached hydrogens (primary N) is 1. The van der Waals surface area contributed by atoms with Crippen LogP contribution in [-0.2, 0) is 0 Å². The highest BCUT2D eigenvalue weighted by molar-refractivity contribution is 5.16. The summed E-state index contributed by atoms with van der Waals surface area (Å²) in [7, 11) is 0. The summed E-state index contributed by atoms with van der Waals surface area (Å²) in [5, 5.41) is 12.0. The number of aliphatic hydroxyl groups is 1. The molecule has 4 aliphatic carbocycles. The van der Waals surface area contributed by atoms with Gasteiger partial charge in [-0.05, 0) is 105 Å². The van der Waals surface area contributed by atoms with Gasteiger partial charge in [0.25, 0.3) is 0 Å². The predicted octanol–water partition coefficient (Wildman–Crippen LogP) is 5.22. The van der Waals surface area contributed by atoms with Crippen molar-refractivity contribution in [1.82, 2.24) is 5.32 Å². The second-order valence-electron chi connectivity index (χ2n) is 11.5. The van der Waals surface area contributed by atoms with Gasteiger partial charge in [-0.1, -0.05) is 39.5 Å². The molecule has 4 rings (SSSR count). The van der Waals surface area contributed by atoms with Crippen LogP contribution in [-0.4, -0.2) is 23.9 Å². The standard InChI is InChI=1S/C25H46N2O/c1-23-14-5-3-8-20(23)13-16-25(26)21(23)10-7-15-24(2)19(11-12-22(24)25)9-4-6-17-27-18-28/h19-22,27-28H,3-18,26H2,1-2H3/t19?,20-,21?,22?,23-,24+,25?/m0/s1.